The fourth-order valence-electron chi connectivity index (χ4n) is 3.59. The molecule has 28 heavy (non-hydrogen) atoms. The molecule has 0 bridgehead atoms. The van der Waals surface area contributed by atoms with Crippen molar-refractivity contribution in [2.45, 2.75) is 46.5 Å². The molecule has 0 aromatic carbocycles. The number of fused-ring (bicyclic) bond motifs is 1. The van der Waals surface area contributed by atoms with Gasteiger partial charge in [-0.3, -0.25) is 9.78 Å². The van der Waals surface area contributed by atoms with Gasteiger partial charge >= 0.3 is 5.71 Å². The lowest BCUT2D eigenvalue weighted by atomic mass is 9.77. The summed E-state index contributed by atoms with van der Waals surface area (Å²) in [5.41, 5.74) is 5.00. The molecule has 0 atom stereocenters. The van der Waals surface area contributed by atoms with E-state index >= 15 is 0 Å². The number of carbonyl (C=O) groups excluding carboxylic acids is 1. The van der Waals surface area contributed by atoms with Gasteiger partial charge in [0.15, 0.2) is 11.5 Å². The number of aromatic nitrogens is 3. The first-order valence-electron chi connectivity index (χ1n) is 9.71. The Kier molecular flexibility index (Phi) is 4.48. The fraction of sp³-hybridized carbons (Fsp3) is 0.348. The lowest BCUT2D eigenvalue weighted by Gasteiger charge is -2.20. The second-order valence-corrected chi connectivity index (χ2v) is 8.26. The number of Topliss-reactive ketones (excluding diaryl/α,β-unsaturated/α-hetero) is 1. The zero-order valence-electron chi connectivity index (χ0n) is 16.8. The van der Waals surface area contributed by atoms with Gasteiger partial charge < -0.3 is 0 Å². The van der Waals surface area contributed by atoms with Crippen LogP contribution in [0.4, 0.5) is 0 Å². The summed E-state index contributed by atoms with van der Waals surface area (Å²) in [6.07, 6.45) is 4.58. The highest BCUT2D eigenvalue weighted by Gasteiger charge is 2.47. The third kappa shape index (κ3) is 3.19. The number of rotatable bonds is 4. The number of ketones is 1. The molecule has 0 N–H and O–H groups in total. The Morgan fingerprint density at radius 1 is 1.21 bits per heavy atom. The Labute approximate surface area is 164 Å². The Balaban J connectivity index is 1.90. The van der Waals surface area contributed by atoms with Crippen LogP contribution in [0.3, 0.4) is 0 Å². The van der Waals surface area contributed by atoms with Crippen LogP contribution in [0.15, 0.2) is 48.8 Å². The molecule has 3 aromatic heterocycles. The highest BCUT2D eigenvalue weighted by molar-refractivity contribution is 6.23. The van der Waals surface area contributed by atoms with E-state index in [0.29, 0.717) is 18.8 Å². The highest BCUT2D eigenvalue weighted by atomic mass is 16.1. The van der Waals surface area contributed by atoms with Crippen molar-refractivity contribution in [2.75, 3.05) is 0 Å². The summed E-state index contributed by atoms with van der Waals surface area (Å²) in [6.45, 7) is 8.18. The predicted octanol–water partition coefficient (Wildman–Crippen LogP) is 3.39. The topological polar surface area (TPSA) is 61.4 Å². The van der Waals surface area contributed by atoms with E-state index in [-0.39, 0.29) is 5.78 Å². The molecule has 5 nitrogen and oxygen atoms in total. The van der Waals surface area contributed by atoms with Gasteiger partial charge in [0.25, 0.3) is 5.71 Å². The van der Waals surface area contributed by atoms with Crippen molar-refractivity contribution >= 4 is 22.7 Å². The standard InChI is InChI=1S/C23H25N4O/c1-15(2)19-13-18-8-5-9-20(27(18)26-19)22-23(3,4)21(28)12-17(25-22)11-16-7-6-10-24-14-16/h5-10,13-15H,11-12H2,1-4H3/q+1. The normalized spacial score (nSPS) is 16.4. The van der Waals surface area contributed by atoms with E-state index in [1.807, 2.05) is 54.9 Å². The molecule has 142 valence electrons. The lowest BCUT2D eigenvalue weighted by Crippen LogP contribution is -2.42. The van der Waals surface area contributed by atoms with E-state index in [1.165, 1.54) is 0 Å². The average Bonchev–Trinajstić information content (AvgIpc) is 3.10. The van der Waals surface area contributed by atoms with E-state index in [1.54, 1.807) is 6.20 Å². The summed E-state index contributed by atoms with van der Waals surface area (Å²) in [5.74, 6) is 0.521. The van der Waals surface area contributed by atoms with Crippen LogP contribution in [0.25, 0.3) is 5.52 Å². The van der Waals surface area contributed by atoms with Crippen molar-refractivity contribution in [1.29, 1.82) is 0 Å². The van der Waals surface area contributed by atoms with Crippen LogP contribution < -0.4 is 4.67 Å². The van der Waals surface area contributed by atoms with Gasteiger partial charge in [0.05, 0.1) is 17.6 Å². The van der Waals surface area contributed by atoms with Crippen LogP contribution in [0, 0.1) is 5.41 Å². The minimum absolute atomic E-state index is 0.185. The van der Waals surface area contributed by atoms with Crippen molar-refractivity contribution in [3.05, 3.63) is 65.7 Å². The van der Waals surface area contributed by atoms with E-state index in [9.17, 15) is 4.79 Å². The van der Waals surface area contributed by atoms with Crippen molar-refractivity contribution in [3.63, 3.8) is 0 Å². The third-order valence-corrected chi connectivity index (χ3v) is 5.39. The second-order valence-electron chi connectivity index (χ2n) is 8.26. The van der Waals surface area contributed by atoms with Crippen LogP contribution in [0.2, 0.25) is 0 Å². The molecule has 0 fully saturated rings. The van der Waals surface area contributed by atoms with Crippen molar-refractivity contribution in [1.82, 2.24) is 19.3 Å². The maximum Gasteiger partial charge on any atom is 0.341 e. The van der Waals surface area contributed by atoms with Gasteiger partial charge in [-0.25, -0.2) is 4.52 Å². The number of nitrogens with zero attached hydrogens (tertiary/aromatic N) is 4. The molecule has 0 saturated heterocycles. The third-order valence-electron chi connectivity index (χ3n) is 5.39. The van der Waals surface area contributed by atoms with Gasteiger partial charge in [-0.1, -0.05) is 30.6 Å². The maximum absolute atomic E-state index is 13.0. The molecular formula is C23H25N4O+. The molecule has 4 rings (SSSR count). The maximum atomic E-state index is 13.0. The molecule has 5 heteroatoms. The van der Waals surface area contributed by atoms with E-state index in [2.05, 4.69) is 24.9 Å². The van der Waals surface area contributed by atoms with Gasteiger partial charge in [0, 0.05) is 12.4 Å². The Morgan fingerprint density at radius 2 is 2.04 bits per heavy atom. The van der Waals surface area contributed by atoms with Crippen LogP contribution >= 0.6 is 0 Å². The number of pyridine rings is 2. The molecule has 0 spiro atoms. The minimum atomic E-state index is -0.656. The molecular weight excluding hydrogens is 348 g/mol. The van der Waals surface area contributed by atoms with Crippen LogP contribution in [-0.2, 0) is 11.2 Å². The lowest BCUT2D eigenvalue weighted by molar-refractivity contribution is -0.123. The molecule has 1 aliphatic rings. The molecule has 4 heterocycles. The molecule has 0 saturated carbocycles. The zero-order chi connectivity index (χ0) is 19.9. The average molecular weight is 373 g/mol. The van der Waals surface area contributed by atoms with Crippen LogP contribution in [0.5, 0.6) is 0 Å². The quantitative estimate of drug-likeness (QED) is 0.659. The summed E-state index contributed by atoms with van der Waals surface area (Å²) in [5, 5.41) is 4.79. The van der Waals surface area contributed by atoms with E-state index in [4.69, 9.17) is 9.77 Å². The van der Waals surface area contributed by atoms with Crippen molar-refractivity contribution < 1.29 is 4.79 Å². The van der Waals surface area contributed by atoms with E-state index in [0.717, 1.165) is 33.9 Å². The molecule has 3 aromatic rings. The van der Waals surface area contributed by atoms with Gasteiger partial charge in [-0.2, -0.15) is 5.10 Å². The minimum Gasteiger partial charge on any atom is -0.298 e. The number of hydrogen-bond donors (Lipinski definition) is 0. The second kappa shape index (κ2) is 6.84. The monoisotopic (exact) mass is 373 g/mol. The van der Waals surface area contributed by atoms with Crippen molar-refractivity contribution in [3.8, 4) is 0 Å². The van der Waals surface area contributed by atoms with Crippen molar-refractivity contribution in [2.24, 2.45) is 5.41 Å². The first-order valence-corrected chi connectivity index (χ1v) is 9.71. The molecule has 0 unspecified atom stereocenters. The molecule has 0 amide bonds. The summed E-state index contributed by atoms with van der Waals surface area (Å²) in [6, 6.07) is 12.1. The van der Waals surface area contributed by atoms with Gasteiger partial charge in [-0.05, 0) is 49.6 Å². The Morgan fingerprint density at radius 3 is 2.75 bits per heavy atom. The molecule has 1 aliphatic heterocycles. The Bertz CT molecular complexity index is 1120. The van der Waals surface area contributed by atoms with Gasteiger partial charge in [0.1, 0.15) is 11.8 Å². The zero-order valence-corrected chi connectivity index (χ0v) is 16.8. The van der Waals surface area contributed by atoms with Crippen LogP contribution in [0.1, 0.15) is 57.0 Å². The fourth-order valence-corrected chi connectivity index (χ4v) is 3.59. The predicted molar refractivity (Wildman–Crippen MR) is 112 cm³/mol. The summed E-state index contributed by atoms with van der Waals surface area (Å²) >= 11 is 0. The molecule has 0 aliphatic carbocycles. The van der Waals surface area contributed by atoms with Crippen LogP contribution in [-0.4, -0.2) is 31.8 Å². The first-order chi connectivity index (χ1) is 13.4. The number of carbonyl (C=O) groups is 1. The summed E-state index contributed by atoms with van der Waals surface area (Å²) in [4.78, 5) is 17.2. The van der Waals surface area contributed by atoms with E-state index < -0.39 is 5.41 Å². The SMILES string of the molecule is CC(C)c1cc2cccc(C3=[N+]=C(Cc4cccnc4)CC(=O)C3(C)C)n2n1. The van der Waals surface area contributed by atoms with Gasteiger partial charge in [-0.15, -0.1) is 0 Å². The largest absolute Gasteiger partial charge is 0.341 e. The molecule has 0 radical (unpaired) electrons. The van der Waals surface area contributed by atoms with Gasteiger partial charge in [0.2, 0.25) is 0 Å². The summed E-state index contributed by atoms with van der Waals surface area (Å²) in [7, 11) is 0. The number of hydrogen-bond acceptors (Lipinski definition) is 3. The smallest absolute Gasteiger partial charge is 0.298 e. The first kappa shape index (κ1) is 18.3. The highest BCUT2D eigenvalue weighted by Crippen LogP contribution is 2.28. The summed E-state index contributed by atoms with van der Waals surface area (Å²) < 4.78 is 6.91. The Hall–Kier alpha value is -3.04.